The third-order valence-corrected chi connectivity index (χ3v) is 4.26. The number of anilines is 1. The van der Waals surface area contributed by atoms with Gasteiger partial charge in [0.15, 0.2) is 0 Å². The summed E-state index contributed by atoms with van der Waals surface area (Å²) < 4.78 is 19.0. The molecule has 2 amide bonds. The van der Waals surface area contributed by atoms with Gasteiger partial charge in [0.05, 0.1) is 21.9 Å². The van der Waals surface area contributed by atoms with Crippen LogP contribution in [0.2, 0.25) is 10.0 Å². The zero-order chi connectivity index (χ0) is 20.1. The highest BCUT2D eigenvalue weighted by molar-refractivity contribution is 6.42. The zero-order valence-electron chi connectivity index (χ0n) is 14.1. The van der Waals surface area contributed by atoms with Gasteiger partial charge in [-0.05, 0) is 42.5 Å². The van der Waals surface area contributed by atoms with E-state index in [1.165, 1.54) is 24.4 Å². The average Bonchev–Trinajstić information content (AvgIpc) is 3.14. The van der Waals surface area contributed by atoms with Gasteiger partial charge in [-0.15, -0.1) is 0 Å². The zero-order valence-corrected chi connectivity index (χ0v) is 15.6. The molecule has 28 heavy (non-hydrogen) atoms. The molecular formula is C19H12Cl2FN3O3. The second-order valence-electron chi connectivity index (χ2n) is 5.46. The van der Waals surface area contributed by atoms with Gasteiger partial charge < -0.3 is 9.73 Å². The van der Waals surface area contributed by atoms with Crippen molar-refractivity contribution in [2.24, 2.45) is 5.10 Å². The van der Waals surface area contributed by atoms with Crippen LogP contribution >= 0.6 is 23.2 Å². The highest BCUT2D eigenvalue weighted by atomic mass is 35.5. The summed E-state index contributed by atoms with van der Waals surface area (Å²) in [4.78, 5) is 23.5. The van der Waals surface area contributed by atoms with Crippen molar-refractivity contribution >= 4 is 46.9 Å². The number of halogens is 3. The lowest BCUT2D eigenvalue weighted by molar-refractivity contribution is -0.136. The second kappa shape index (κ2) is 8.69. The first-order chi connectivity index (χ1) is 13.4. The Morgan fingerprint density at radius 2 is 1.79 bits per heavy atom. The first-order valence-corrected chi connectivity index (χ1v) is 8.64. The summed E-state index contributed by atoms with van der Waals surface area (Å²) in [7, 11) is 0. The van der Waals surface area contributed by atoms with Crippen molar-refractivity contribution in [3.05, 3.63) is 76.2 Å². The number of hydrogen-bond acceptors (Lipinski definition) is 4. The molecule has 0 saturated carbocycles. The molecule has 0 aliphatic carbocycles. The first-order valence-electron chi connectivity index (χ1n) is 7.88. The number of carbonyl (C=O) groups is 2. The molecule has 0 bridgehead atoms. The fourth-order valence-electron chi connectivity index (χ4n) is 2.17. The number of amides is 2. The molecule has 0 unspecified atom stereocenters. The summed E-state index contributed by atoms with van der Waals surface area (Å²) in [6.45, 7) is 0. The summed E-state index contributed by atoms with van der Waals surface area (Å²) in [5, 5.41) is 6.61. The maximum Gasteiger partial charge on any atom is 0.329 e. The molecule has 9 heteroatoms. The first kappa shape index (κ1) is 19.6. The lowest BCUT2D eigenvalue weighted by Crippen LogP contribution is -2.32. The van der Waals surface area contributed by atoms with E-state index >= 15 is 0 Å². The standard InChI is InChI=1S/C19H12Cl2FN3O3/c20-13-7-5-11(9-14(13)21)17-8-6-12(28-17)10-23-25-19(27)18(26)24-16-4-2-1-3-15(16)22/h1-10H,(H,24,26)(H,25,27)/b23-10+. The van der Waals surface area contributed by atoms with Crippen molar-refractivity contribution in [1.82, 2.24) is 5.43 Å². The summed E-state index contributed by atoms with van der Waals surface area (Å²) >= 11 is 11.9. The molecule has 0 fully saturated rings. The van der Waals surface area contributed by atoms with Crippen LogP contribution in [-0.4, -0.2) is 18.0 Å². The van der Waals surface area contributed by atoms with Gasteiger partial charge in [-0.25, -0.2) is 9.82 Å². The van der Waals surface area contributed by atoms with Crippen LogP contribution in [0.4, 0.5) is 10.1 Å². The van der Waals surface area contributed by atoms with Crippen molar-refractivity contribution in [3.63, 3.8) is 0 Å². The molecule has 1 heterocycles. The number of nitrogens with zero attached hydrogens (tertiary/aromatic N) is 1. The van der Waals surface area contributed by atoms with Crippen LogP contribution in [0.3, 0.4) is 0 Å². The van der Waals surface area contributed by atoms with Crippen molar-refractivity contribution in [2.45, 2.75) is 0 Å². The van der Waals surface area contributed by atoms with Crippen LogP contribution in [0.15, 0.2) is 64.1 Å². The van der Waals surface area contributed by atoms with Crippen LogP contribution in [0, 0.1) is 5.82 Å². The molecule has 142 valence electrons. The van der Waals surface area contributed by atoms with E-state index in [1.54, 1.807) is 30.3 Å². The number of carbonyl (C=O) groups excluding carboxylic acids is 2. The van der Waals surface area contributed by atoms with Crippen molar-refractivity contribution in [1.29, 1.82) is 0 Å². The maximum absolute atomic E-state index is 13.5. The van der Waals surface area contributed by atoms with Gasteiger partial charge in [0.1, 0.15) is 17.3 Å². The predicted octanol–water partition coefficient (Wildman–Crippen LogP) is 4.48. The number of furan rings is 1. The quantitative estimate of drug-likeness (QED) is 0.371. The average molecular weight is 420 g/mol. The fourth-order valence-corrected chi connectivity index (χ4v) is 2.47. The highest BCUT2D eigenvalue weighted by Gasteiger charge is 2.14. The van der Waals surface area contributed by atoms with E-state index in [1.807, 2.05) is 5.43 Å². The third kappa shape index (κ3) is 4.76. The molecular weight excluding hydrogens is 408 g/mol. The minimum Gasteiger partial charge on any atom is -0.455 e. The van der Waals surface area contributed by atoms with Gasteiger partial charge in [0.2, 0.25) is 0 Å². The fraction of sp³-hybridized carbons (Fsp3) is 0. The minimum atomic E-state index is -1.06. The Hall–Kier alpha value is -3.16. The molecule has 0 radical (unpaired) electrons. The number of benzene rings is 2. The van der Waals surface area contributed by atoms with E-state index in [2.05, 4.69) is 10.4 Å². The Morgan fingerprint density at radius 3 is 2.54 bits per heavy atom. The Kier molecular flexibility index (Phi) is 6.08. The lowest BCUT2D eigenvalue weighted by atomic mass is 10.2. The highest BCUT2D eigenvalue weighted by Crippen LogP contribution is 2.29. The summed E-state index contributed by atoms with van der Waals surface area (Å²) in [6, 6.07) is 13.8. The summed E-state index contributed by atoms with van der Waals surface area (Å²) in [5.74, 6) is -1.92. The van der Waals surface area contributed by atoms with Crippen LogP contribution in [-0.2, 0) is 9.59 Å². The topological polar surface area (TPSA) is 83.7 Å². The Bertz CT molecular complexity index is 1070. The molecule has 0 spiro atoms. The van der Waals surface area contributed by atoms with Gasteiger partial charge in [-0.3, -0.25) is 9.59 Å². The SMILES string of the molecule is O=C(N/N=C/c1ccc(-c2ccc(Cl)c(Cl)c2)o1)C(=O)Nc1ccccc1F. The maximum atomic E-state index is 13.5. The molecule has 0 atom stereocenters. The monoisotopic (exact) mass is 419 g/mol. The number of para-hydroxylation sites is 1. The van der Waals surface area contributed by atoms with Crippen molar-refractivity contribution in [2.75, 3.05) is 5.32 Å². The van der Waals surface area contributed by atoms with Crippen LogP contribution in [0.1, 0.15) is 5.76 Å². The minimum absolute atomic E-state index is 0.107. The number of rotatable bonds is 4. The molecule has 6 nitrogen and oxygen atoms in total. The Balaban J connectivity index is 1.59. The molecule has 0 aliphatic heterocycles. The molecule has 1 aromatic heterocycles. The Labute approximate surface area is 168 Å². The molecule has 3 rings (SSSR count). The van der Waals surface area contributed by atoms with E-state index in [4.69, 9.17) is 27.6 Å². The number of hydrogen-bond donors (Lipinski definition) is 2. The van der Waals surface area contributed by atoms with Gasteiger partial charge in [-0.1, -0.05) is 35.3 Å². The molecule has 0 saturated heterocycles. The lowest BCUT2D eigenvalue weighted by Gasteiger charge is -2.04. The van der Waals surface area contributed by atoms with Gasteiger partial charge in [0.25, 0.3) is 0 Å². The number of hydrazone groups is 1. The number of nitrogens with one attached hydrogen (secondary N) is 2. The van der Waals surface area contributed by atoms with E-state index in [0.29, 0.717) is 27.1 Å². The summed E-state index contributed by atoms with van der Waals surface area (Å²) in [5.41, 5.74) is 2.64. The molecule has 3 aromatic rings. The van der Waals surface area contributed by atoms with Crippen LogP contribution < -0.4 is 10.7 Å². The molecule has 2 aromatic carbocycles. The smallest absolute Gasteiger partial charge is 0.329 e. The van der Waals surface area contributed by atoms with E-state index in [0.717, 1.165) is 6.07 Å². The van der Waals surface area contributed by atoms with Crippen molar-refractivity contribution in [3.8, 4) is 11.3 Å². The van der Waals surface area contributed by atoms with E-state index < -0.39 is 17.6 Å². The van der Waals surface area contributed by atoms with Crippen molar-refractivity contribution < 1.29 is 18.4 Å². The van der Waals surface area contributed by atoms with Gasteiger partial charge in [0, 0.05) is 5.56 Å². The molecule has 0 aliphatic rings. The van der Waals surface area contributed by atoms with Gasteiger partial charge in [-0.2, -0.15) is 5.10 Å². The third-order valence-electron chi connectivity index (χ3n) is 3.52. The Morgan fingerprint density at radius 1 is 1.00 bits per heavy atom. The normalized spacial score (nSPS) is 10.8. The van der Waals surface area contributed by atoms with Gasteiger partial charge >= 0.3 is 11.8 Å². The van der Waals surface area contributed by atoms with E-state index in [9.17, 15) is 14.0 Å². The molecule has 2 N–H and O–H groups in total. The second-order valence-corrected chi connectivity index (χ2v) is 6.28. The van der Waals surface area contributed by atoms with Crippen LogP contribution in [0.25, 0.3) is 11.3 Å². The van der Waals surface area contributed by atoms with E-state index in [-0.39, 0.29) is 5.69 Å². The van der Waals surface area contributed by atoms with Crippen LogP contribution in [0.5, 0.6) is 0 Å². The largest absolute Gasteiger partial charge is 0.455 e. The predicted molar refractivity (Wildman–Crippen MR) is 105 cm³/mol. The summed E-state index contributed by atoms with van der Waals surface area (Å²) in [6.07, 6.45) is 1.22.